The van der Waals surface area contributed by atoms with E-state index in [9.17, 15) is 22.8 Å². The molecule has 0 aromatic rings. The maximum Gasteiger partial charge on any atom is 0.412 e. The Labute approximate surface area is 96.4 Å². The van der Waals surface area contributed by atoms with Gasteiger partial charge < -0.3 is 9.47 Å². The van der Waals surface area contributed by atoms with Crippen molar-refractivity contribution in [3.63, 3.8) is 0 Å². The Morgan fingerprint density at radius 1 is 1.18 bits per heavy atom. The van der Waals surface area contributed by atoms with Crippen LogP contribution in [0.15, 0.2) is 11.6 Å². The minimum atomic E-state index is -4.44. The van der Waals surface area contributed by atoms with Crippen molar-refractivity contribution in [2.24, 2.45) is 0 Å². The van der Waals surface area contributed by atoms with Crippen molar-refractivity contribution < 1.29 is 32.2 Å². The summed E-state index contributed by atoms with van der Waals surface area (Å²) in [5.74, 6) is -1.69. The number of carbonyl (C=O) groups excluding carboxylic acids is 2. The third-order valence-electron chi connectivity index (χ3n) is 1.67. The van der Waals surface area contributed by atoms with Crippen LogP contribution < -0.4 is 0 Å². The van der Waals surface area contributed by atoms with Crippen molar-refractivity contribution in [2.75, 3.05) is 13.2 Å². The first-order valence-electron chi connectivity index (χ1n) is 4.82. The smallest absolute Gasteiger partial charge is 0.412 e. The summed E-state index contributed by atoms with van der Waals surface area (Å²) in [6, 6.07) is 0. The molecule has 7 heteroatoms. The molecule has 0 aromatic carbocycles. The topological polar surface area (TPSA) is 52.6 Å². The molecule has 0 aromatic heterocycles. The molecule has 0 unspecified atom stereocenters. The summed E-state index contributed by atoms with van der Waals surface area (Å²) in [4.78, 5) is 21.7. The van der Waals surface area contributed by atoms with E-state index >= 15 is 0 Å². The third kappa shape index (κ3) is 7.37. The molecule has 0 aliphatic heterocycles. The highest BCUT2D eigenvalue weighted by molar-refractivity contribution is 5.91. The monoisotopic (exact) mass is 254 g/mol. The average molecular weight is 254 g/mol. The maximum absolute atomic E-state index is 12.0. The van der Waals surface area contributed by atoms with Gasteiger partial charge in [0.2, 0.25) is 0 Å². The lowest BCUT2D eigenvalue weighted by Gasteiger charge is -2.06. The lowest BCUT2D eigenvalue weighted by molar-refractivity contribution is -0.153. The molecule has 0 bridgehead atoms. The van der Waals surface area contributed by atoms with Gasteiger partial charge >= 0.3 is 18.1 Å². The highest BCUT2D eigenvalue weighted by Gasteiger charge is 2.29. The van der Waals surface area contributed by atoms with Gasteiger partial charge in [-0.25, -0.2) is 0 Å². The van der Waals surface area contributed by atoms with Crippen LogP contribution in [0.4, 0.5) is 13.2 Å². The van der Waals surface area contributed by atoms with Gasteiger partial charge in [0.05, 0.1) is 6.61 Å². The number of hydrogen-bond acceptors (Lipinski definition) is 4. The van der Waals surface area contributed by atoms with Crippen molar-refractivity contribution in [1.29, 1.82) is 0 Å². The quantitative estimate of drug-likeness (QED) is 0.427. The van der Waals surface area contributed by atoms with Crippen LogP contribution in [-0.4, -0.2) is 31.3 Å². The van der Waals surface area contributed by atoms with Gasteiger partial charge in [-0.15, -0.1) is 0 Å². The van der Waals surface area contributed by atoms with Gasteiger partial charge in [-0.05, 0) is 19.9 Å². The third-order valence-corrected chi connectivity index (χ3v) is 1.67. The van der Waals surface area contributed by atoms with Crippen molar-refractivity contribution in [3.8, 4) is 0 Å². The predicted molar refractivity (Wildman–Crippen MR) is 52.0 cm³/mol. The summed E-state index contributed by atoms with van der Waals surface area (Å²) >= 11 is 0. The zero-order valence-electron chi connectivity index (χ0n) is 9.47. The van der Waals surface area contributed by atoms with Crippen LogP contribution in [0, 0.1) is 0 Å². The predicted octanol–water partition coefficient (Wildman–Crippen LogP) is 1.99. The highest BCUT2D eigenvalue weighted by atomic mass is 19.4. The van der Waals surface area contributed by atoms with E-state index in [-0.39, 0.29) is 6.61 Å². The number of esters is 2. The van der Waals surface area contributed by atoms with E-state index in [2.05, 4.69) is 9.47 Å². The SMILES string of the molecule is CCOC(=O)CC(=O)OC/C=C(\C)C(F)(F)F. The van der Waals surface area contributed by atoms with Crippen molar-refractivity contribution in [2.45, 2.75) is 26.4 Å². The molecule has 0 fully saturated rings. The Kier molecular flexibility index (Phi) is 6.30. The van der Waals surface area contributed by atoms with E-state index < -0.39 is 36.7 Å². The molecule has 0 radical (unpaired) electrons. The molecule has 0 N–H and O–H groups in total. The average Bonchev–Trinajstić information content (AvgIpc) is 2.16. The van der Waals surface area contributed by atoms with Crippen molar-refractivity contribution in [3.05, 3.63) is 11.6 Å². The first-order chi connectivity index (χ1) is 7.77. The Hall–Kier alpha value is -1.53. The number of halogens is 3. The Morgan fingerprint density at radius 2 is 1.71 bits per heavy atom. The summed E-state index contributed by atoms with van der Waals surface area (Å²) in [6.07, 6.45) is -4.32. The summed E-state index contributed by atoms with van der Waals surface area (Å²) in [6.45, 7) is 2.03. The van der Waals surface area contributed by atoms with Crippen LogP contribution in [0.3, 0.4) is 0 Å². The molecule has 0 aliphatic rings. The fourth-order valence-electron chi connectivity index (χ4n) is 0.756. The lowest BCUT2D eigenvalue weighted by atomic mass is 10.3. The second-order valence-electron chi connectivity index (χ2n) is 3.05. The molecule has 17 heavy (non-hydrogen) atoms. The second-order valence-corrected chi connectivity index (χ2v) is 3.05. The van der Waals surface area contributed by atoms with Crippen LogP contribution in [0.1, 0.15) is 20.3 Å². The first-order valence-corrected chi connectivity index (χ1v) is 4.82. The summed E-state index contributed by atoms with van der Waals surface area (Å²) in [7, 11) is 0. The van der Waals surface area contributed by atoms with Gasteiger partial charge in [0.15, 0.2) is 0 Å². The van der Waals surface area contributed by atoms with E-state index in [1.165, 1.54) is 0 Å². The second kappa shape index (κ2) is 6.93. The van der Waals surface area contributed by atoms with E-state index in [1.807, 2.05) is 0 Å². The molecule has 98 valence electrons. The maximum atomic E-state index is 12.0. The fourth-order valence-corrected chi connectivity index (χ4v) is 0.756. The van der Waals surface area contributed by atoms with Gasteiger partial charge in [-0.3, -0.25) is 9.59 Å². The van der Waals surface area contributed by atoms with E-state index in [1.54, 1.807) is 6.92 Å². The van der Waals surface area contributed by atoms with Gasteiger partial charge in [0.1, 0.15) is 13.0 Å². The van der Waals surface area contributed by atoms with Gasteiger partial charge in [-0.1, -0.05) is 0 Å². The van der Waals surface area contributed by atoms with E-state index in [4.69, 9.17) is 0 Å². The number of rotatable bonds is 5. The van der Waals surface area contributed by atoms with E-state index in [0.29, 0.717) is 0 Å². The summed E-state index contributed by atoms with van der Waals surface area (Å²) in [5, 5.41) is 0. The number of alkyl halides is 3. The standard InChI is InChI=1S/C10H13F3O4/c1-3-16-8(14)6-9(15)17-5-4-7(2)10(11,12)13/h4H,3,5-6H2,1-2H3/b7-4+. The zero-order valence-corrected chi connectivity index (χ0v) is 9.47. The largest absolute Gasteiger partial charge is 0.466 e. The van der Waals surface area contributed by atoms with Crippen molar-refractivity contribution in [1.82, 2.24) is 0 Å². The van der Waals surface area contributed by atoms with E-state index in [0.717, 1.165) is 13.0 Å². The molecular weight excluding hydrogens is 241 g/mol. The molecule has 0 aliphatic carbocycles. The normalized spacial score (nSPS) is 12.2. The Morgan fingerprint density at radius 3 is 2.18 bits per heavy atom. The molecule has 0 saturated heterocycles. The summed E-state index contributed by atoms with van der Waals surface area (Å²) < 4.78 is 44.9. The molecule has 0 saturated carbocycles. The van der Waals surface area contributed by atoms with Crippen LogP contribution >= 0.6 is 0 Å². The molecule has 0 spiro atoms. The van der Waals surface area contributed by atoms with Gasteiger partial charge in [0, 0.05) is 5.57 Å². The molecule has 0 heterocycles. The molecule has 0 amide bonds. The molecule has 0 rings (SSSR count). The first kappa shape index (κ1) is 15.5. The Bertz CT molecular complexity index is 307. The zero-order chi connectivity index (χ0) is 13.5. The number of hydrogen-bond donors (Lipinski definition) is 0. The van der Waals surface area contributed by atoms with Gasteiger partial charge in [-0.2, -0.15) is 13.2 Å². The number of ether oxygens (including phenoxy) is 2. The van der Waals surface area contributed by atoms with Crippen LogP contribution in [0.5, 0.6) is 0 Å². The van der Waals surface area contributed by atoms with Crippen LogP contribution in [0.2, 0.25) is 0 Å². The van der Waals surface area contributed by atoms with Crippen molar-refractivity contribution >= 4 is 11.9 Å². The van der Waals surface area contributed by atoms with Gasteiger partial charge in [0.25, 0.3) is 0 Å². The molecule has 0 atom stereocenters. The summed E-state index contributed by atoms with van der Waals surface area (Å²) in [5.41, 5.74) is -0.860. The number of carbonyl (C=O) groups is 2. The number of allylic oxidation sites excluding steroid dienone is 1. The van der Waals surface area contributed by atoms with Crippen LogP contribution in [0.25, 0.3) is 0 Å². The Balaban J connectivity index is 3.98. The molecule has 4 nitrogen and oxygen atoms in total. The lowest BCUT2D eigenvalue weighted by Crippen LogP contribution is -2.15. The fraction of sp³-hybridized carbons (Fsp3) is 0.600. The van der Waals surface area contributed by atoms with Crippen LogP contribution in [-0.2, 0) is 19.1 Å². The molecular formula is C10H13F3O4. The minimum Gasteiger partial charge on any atom is -0.466 e. The highest BCUT2D eigenvalue weighted by Crippen LogP contribution is 2.24. The minimum absolute atomic E-state index is 0.124.